The summed E-state index contributed by atoms with van der Waals surface area (Å²) < 4.78 is 13.4. The number of rotatable bonds is 4. The Hall–Kier alpha value is -3.76. The number of pyridine rings is 1. The van der Waals surface area contributed by atoms with Gasteiger partial charge < -0.3 is 0 Å². The summed E-state index contributed by atoms with van der Waals surface area (Å²) in [5, 5.41) is 8.25. The summed E-state index contributed by atoms with van der Waals surface area (Å²) in [5.41, 5.74) is 7.27. The van der Waals surface area contributed by atoms with E-state index in [-0.39, 0.29) is 5.82 Å². The monoisotopic (exact) mass is 425 g/mol. The minimum absolute atomic E-state index is 0.274. The summed E-state index contributed by atoms with van der Waals surface area (Å²) in [7, 11) is 0. The molecule has 0 aliphatic rings. The SMILES string of the molecule is Fc1ccc(-c2cc(/C=N/Nc3ccc(Cl)cc3)c3ccc4ccccc4c3n2)cc1. The van der Waals surface area contributed by atoms with Crippen molar-refractivity contribution in [2.24, 2.45) is 5.10 Å². The van der Waals surface area contributed by atoms with Crippen LogP contribution < -0.4 is 5.43 Å². The van der Waals surface area contributed by atoms with Crippen LogP contribution in [0.15, 0.2) is 96.1 Å². The molecule has 0 saturated heterocycles. The van der Waals surface area contributed by atoms with Gasteiger partial charge in [-0.05, 0) is 60.0 Å². The van der Waals surface area contributed by atoms with Gasteiger partial charge in [-0.2, -0.15) is 5.10 Å². The fraction of sp³-hybridized carbons (Fsp3) is 0. The summed E-state index contributed by atoms with van der Waals surface area (Å²) in [6.07, 6.45) is 1.78. The minimum atomic E-state index is -0.274. The molecule has 1 aromatic heterocycles. The first-order valence-corrected chi connectivity index (χ1v) is 10.2. The zero-order valence-electron chi connectivity index (χ0n) is 16.4. The molecule has 0 aliphatic heterocycles. The van der Waals surface area contributed by atoms with Crippen molar-refractivity contribution in [1.29, 1.82) is 0 Å². The molecule has 31 heavy (non-hydrogen) atoms. The molecule has 150 valence electrons. The van der Waals surface area contributed by atoms with Gasteiger partial charge >= 0.3 is 0 Å². The van der Waals surface area contributed by atoms with E-state index < -0.39 is 0 Å². The Morgan fingerprint density at radius 2 is 1.61 bits per heavy atom. The predicted molar refractivity (Wildman–Crippen MR) is 127 cm³/mol. The molecule has 5 heteroatoms. The molecule has 5 aromatic rings. The first-order chi connectivity index (χ1) is 15.2. The molecule has 0 amide bonds. The molecule has 1 heterocycles. The van der Waals surface area contributed by atoms with Gasteiger partial charge in [-0.25, -0.2) is 9.37 Å². The second-order valence-electron chi connectivity index (χ2n) is 7.16. The quantitative estimate of drug-likeness (QED) is 0.186. The lowest BCUT2D eigenvalue weighted by Gasteiger charge is -2.10. The maximum Gasteiger partial charge on any atom is 0.123 e. The van der Waals surface area contributed by atoms with Crippen molar-refractivity contribution < 1.29 is 4.39 Å². The fourth-order valence-corrected chi connectivity index (χ4v) is 3.69. The summed E-state index contributed by atoms with van der Waals surface area (Å²) in [4.78, 5) is 4.92. The number of hydrogen-bond donors (Lipinski definition) is 1. The summed E-state index contributed by atoms with van der Waals surface area (Å²) in [5.74, 6) is -0.274. The lowest BCUT2D eigenvalue weighted by molar-refractivity contribution is 0.628. The van der Waals surface area contributed by atoms with Gasteiger partial charge in [-0.1, -0.05) is 48.0 Å². The Bertz CT molecular complexity index is 1410. The summed E-state index contributed by atoms with van der Waals surface area (Å²) in [6.45, 7) is 0. The highest BCUT2D eigenvalue weighted by Crippen LogP contribution is 2.29. The van der Waals surface area contributed by atoms with Crippen molar-refractivity contribution in [3.63, 3.8) is 0 Å². The third-order valence-corrected chi connectivity index (χ3v) is 5.37. The van der Waals surface area contributed by atoms with E-state index in [0.29, 0.717) is 5.02 Å². The van der Waals surface area contributed by atoms with Crippen LogP contribution >= 0.6 is 11.6 Å². The van der Waals surface area contributed by atoms with Crippen molar-refractivity contribution in [3.8, 4) is 11.3 Å². The molecule has 0 unspecified atom stereocenters. The van der Waals surface area contributed by atoms with Crippen molar-refractivity contribution in [1.82, 2.24) is 4.98 Å². The molecule has 5 rings (SSSR count). The number of halogens is 2. The number of nitrogens with zero attached hydrogens (tertiary/aromatic N) is 2. The van der Waals surface area contributed by atoms with Crippen LogP contribution in [0.5, 0.6) is 0 Å². The van der Waals surface area contributed by atoms with Crippen LogP contribution in [0.2, 0.25) is 5.02 Å². The largest absolute Gasteiger partial charge is 0.279 e. The van der Waals surface area contributed by atoms with Crippen molar-refractivity contribution in [3.05, 3.63) is 107 Å². The molecular formula is C26H17ClFN3. The van der Waals surface area contributed by atoms with Gasteiger partial charge in [-0.15, -0.1) is 0 Å². The second-order valence-corrected chi connectivity index (χ2v) is 7.60. The van der Waals surface area contributed by atoms with Crippen LogP contribution in [0.25, 0.3) is 32.9 Å². The lowest BCUT2D eigenvalue weighted by atomic mass is 10.0. The highest BCUT2D eigenvalue weighted by Gasteiger charge is 2.10. The molecule has 0 bridgehead atoms. The molecule has 0 saturated carbocycles. The lowest BCUT2D eigenvalue weighted by Crippen LogP contribution is -1.95. The van der Waals surface area contributed by atoms with Crippen LogP contribution in [0, 0.1) is 5.82 Å². The van der Waals surface area contributed by atoms with E-state index in [1.54, 1.807) is 30.5 Å². The number of fused-ring (bicyclic) bond motifs is 3. The molecule has 0 atom stereocenters. The average molecular weight is 426 g/mol. The maximum absolute atomic E-state index is 13.4. The predicted octanol–water partition coefficient (Wildman–Crippen LogP) is 7.29. The number of hydrogen-bond acceptors (Lipinski definition) is 3. The molecule has 0 fully saturated rings. The number of aromatic nitrogens is 1. The van der Waals surface area contributed by atoms with E-state index in [2.05, 4.69) is 34.8 Å². The third kappa shape index (κ3) is 3.98. The molecular weight excluding hydrogens is 409 g/mol. The molecule has 0 radical (unpaired) electrons. The van der Waals surface area contributed by atoms with Crippen molar-refractivity contribution >= 4 is 45.2 Å². The van der Waals surface area contributed by atoms with Gasteiger partial charge in [0.25, 0.3) is 0 Å². The first-order valence-electron chi connectivity index (χ1n) is 9.80. The Labute approximate surface area is 183 Å². The fourth-order valence-electron chi connectivity index (χ4n) is 3.56. The number of anilines is 1. The maximum atomic E-state index is 13.4. The van der Waals surface area contributed by atoms with Gasteiger partial charge in [0.2, 0.25) is 0 Å². The number of benzene rings is 4. The summed E-state index contributed by atoms with van der Waals surface area (Å²) in [6, 6.07) is 28.0. The second kappa shape index (κ2) is 8.17. The molecule has 0 aliphatic carbocycles. The van der Waals surface area contributed by atoms with Gasteiger partial charge in [0, 0.05) is 26.9 Å². The van der Waals surface area contributed by atoms with Gasteiger partial charge in [0.1, 0.15) is 5.82 Å². The Morgan fingerprint density at radius 1 is 0.839 bits per heavy atom. The van der Waals surface area contributed by atoms with Crippen molar-refractivity contribution in [2.75, 3.05) is 5.43 Å². The zero-order chi connectivity index (χ0) is 21.2. The van der Waals surface area contributed by atoms with E-state index in [1.807, 2.05) is 30.3 Å². The Balaban J connectivity index is 1.64. The van der Waals surface area contributed by atoms with Crippen LogP contribution in [-0.4, -0.2) is 11.2 Å². The van der Waals surface area contributed by atoms with E-state index in [9.17, 15) is 4.39 Å². The highest BCUT2D eigenvalue weighted by molar-refractivity contribution is 6.30. The molecule has 1 N–H and O–H groups in total. The van der Waals surface area contributed by atoms with E-state index in [4.69, 9.17) is 16.6 Å². The van der Waals surface area contributed by atoms with Crippen LogP contribution in [0.3, 0.4) is 0 Å². The Kier molecular flexibility index (Phi) is 5.06. The van der Waals surface area contributed by atoms with Crippen LogP contribution in [-0.2, 0) is 0 Å². The average Bonchev–Trinajstić information content (AvgIpc) is 2.80. The third-order valence-electron chi connectivity index (χ3n) is 5.12. The topological polar surface area (TPSA) is 37.3 Å². The smallest absolute Gasteiger partial charge is 0.123 e. The molecule has 3 nitrogen and oxygen atoms in total. The van der Waals surface area contributed by atoms with Crippen molar-refractivity contribution in [2.45, 2.75) is 0 Å². The molecule has 0 spiro atoms. The number of nitrogens with one attached hydrogen (secondary N) is 1. The van der Waals surface area contributed by atoms with E-state index in [1.165, 1.54) is 12.1 Å². The summed E-state index contributed by atoms with van der Waals surface area (Å²) >= 11 is 5.94. The van der Waals surface area contributed by atoms with Gasteiger partial charge in [0.15, 0.2) is 0 Å². The number of hydrazone groups is 1. The van der Waals surface area contributed by atoms with E-state index in [0.717, 1.165) is 44.2 Å². The van der Waals surface area contributed by atoms with Gasteiger partial charge in [-0.3, -0.25) is 5.43 Å². The first kappa shape index (κ1) is 19.2. The molecule has 4 aromatic carbocycles. The standard InChI is InChI=1S/C26H17ClFN3/c27-20-8-12-22(13-9-20)31-29-16-19-15-25(18-5-10-21(28)11-6-18)30-26-23-4-2-1-3-17(23)7-14-24(19)26/h1-16,31H/b29-16+. The zero-order valence-corrected chi connectivity index (χ0v) is 17.1. The normalized spacial score (nSPS) is 11.4. The van der Waals surface area contributed by atoms with E-state index >= 15 is 0 Å². The van der Waals surface area contributed by atoms with Crippen LogP contribution in [0.1, 0.15) is 5.56 Å². The van der Waals surface area contributed by atoms with Crippen LogP contribution in [0.4, 0.5) is 10.1 Å². The minimum Gasteiger partial charge on any atom is -0.279 e. The highest BCUT2D eigenvalue weighted by atomic mass is 35.5. The Morgan fingerprint density at radius 3 is 2.42 bits per heavy atom. The van der Waals surface area contributed by atoms with Gasteiger partial charge in [0.05, 0.1) is 23.1 Å².